The van der Waals surface area contributed by atoms with E-state index < -0.39 is 0 Å². The number of nitrogens with zero attached hydrogens (tertiary/aromatic N) is 1. The summed E-state index contributed by atoms with van der Waals surface area (Å²) in [7, 11) is 0. The van der Waals surface area contributed by atoms with Crippen LogP contribution in [-0.4, -0.2) is 11.3 Å². The number of hydrogen-bond donors (Lipinski definition) is 0. The molecule has 0 aliphatic heterocycles. The van der Waals surface area contributed by atoms with E-state index in [0.29, 0.717) is 6.29 Å². The van der Waals surface area contributed by atoms with Gasteiger partial charge < -0.3 is 4.42 Å². The molecule has 3 heteroatoms. The molecule has 0 atom stereocenters. The normalized spacial score (nSPS) is 10.8. The largest absolute Gasteiger partial charge is 0.438 e. The summed E-state index contributed by atoms with van der Waals surface area (Å²) in [5.41, 5.74) is 2.92. The van der Waals surface area contributed by atoms with Crippen LogP contribution in [0.1, 0.15) is 41.8 Å². The summed E-state index contributed by atoms with van der Waals surface area (Å²) < 4.78 is 5.46. The Labute approximate surface area is 100 Å². The minimum absolute atomic E-state index is 0.145. The van der Waals surface area contributed by atoms with Crippen molar-refractivity contribution in [2.24, 2.45) is 0 Å². The average molecular weight is 229 g/mol. The zero-order valence-corrected chi connectivity index (χ0v) is 10.2. The molecule has 0 fully saturated rings. The van der Waals surface area contributed by atoms with Gasteiger partial charge in [0.15, 0.2) is 0 Å². The fourth-order valence-electron chi connectivity index (χ4n) is 1.82. The van der Waals surface area contributed by atoms with Gasteiger partial charge in [-0.15, -0.1) is 0 Å². The number of oxazole rings is 1. The van der Waals surface area contributed by atoms with Crippen molar-refractivity contribution < 1.29 is 9.21 Å². The third kappa shape index (κ3) is 2.13. The van der Waals surface area contributed by atoms with Crippen molar-refractivity contribution in [3.8, 4) is 11.3 Å². The van der Waals surface area contributed by atoms with E-state index >= 15 is 0 Å². The van der Waals surface area contributed by atoms with Crippen LogP contribution in [0, 0.1) is 6.92 Å². The highest BCUT2D eigenvalue weighted by Gasteiger charge is 2.18. The van der Waals surface area contributed by atoms with Gasteiger partial charge in [-0.25, -0.2) is 4.98 Å². The van der Waals surface area contributed by atoms with Crippen molar-refractivity contribution >= 4 is 6.29 Å². The predicted octanol–water partition coefficient (Wildman–Crippen LogP) is 3.59. The number of carbonyl (C=O) groups excluding carboxylic acids is 1. The zero-order chi connectivity index (χ0) is 12.4. The van der Waals surface area contributed by atoms with Crippen LogP contribution >= 0.6 is 0 Å². The van der Waals surface area contributed by atoms with Gasteiger partial charge in [0.25, 0.3) is 5.89 Å². The molecular formula is C14H15NO2. The van der Waals surface area contributed by atoms with E-state index in [9.17, 15) is 4.79 Å². The standard InChI is InChI=1S/C14H15NO2/c1-9(2)14-13(15-12(8-16)17-14)11-7-5-4-6-10(11)3/h4-9H,1-3H3. The van der Waals surface area contributed by atoms with Crippen LogP contribution < -0.4 is 0 Å². The Hall–Kier alpha value is -1.90. The monoisotopic (exact) mass is 229 g/mol. The van der Waals surface area contributed by atoms with E-state index in [2.05, 4.69) is 4.98 Å². The molecule has 1 aromatic heterocycles. The van der Waals surface area contributed by atoms with E-state index in [1.165, 1.54) is 0 Å². The van der Waals surface area contributed by atoms with Gasteiger partial charge in [0.2, 0.25) is 6.29 Å². The summed E-state index contributed by atoms with van der Waals surface area (Å²) in [5.74, 6) is 1.11. The van der Waals surface area contributed by atoms with Gasteiger partial charge in [-0.2, -0.15) is 0 Å². The molecule has 0 unspecified atom stereocenters. The highest BCUT2D eigenvalue weighted by Crippen LogP contribution is 2.31. The lowest BCUT2D eigenvalue weighted by Gasteiger charge is -2.06. The fourth-order valence-corrected chi connectivity index (χ4v) is 1.82. The highest BCUT2D eigenvalue weighted by molar-refractivity contribution is 5.72. The van der Waals surface area contributed by atoms with E-state index in [4.69, 9.17) is 4.42 Å². The lowest BCUT2D eigenvalue weighted by Crippen LogP contribution is -1.91. The smallest absolute Gasteiger partial charge is 0.260 e. The van der Waals surface area contributed by atoms with Gasteiger partial charge in [0.1, 0.15) is 11.5 Å². The van der Waals surface area contributed by atoms with Crippen LogP contribution in [-0.2, 0) is 0 Å². The van der Waals surface area contributed by atoms with E-state index in [1.54, 1.807) is 0 Å². The molecule has 2 rings (SSSR count). The highest BCUT2D eigenvalue weighted by atomic mass is 16.4. The lowest BCUT2D eigenvalue weighted by atomic mass is 10.0. The minimum Gasteiger partial charge on any atom is -0.438 e. The molecule has 0 radical (unpaired) electrons. The van der Waals surface area contributed by atoms with Crippen molar-refractivity contribution in [3.05, 3.63) is 41.5 Å². The van der Waals surface area contributed by atoms with Gasteiger partial charge in [-0.3, -0.25) is 4.79 Å². The Morgan fingerprint density at radius 3 is 2.59 bits per heavy atom. The molecule has 2 aromatic rings. The summed E-state index contributed by atoms with van der Waals surface area (Å²) in [6.45, 7) is 6.07. The number of benzene rings is 1. The molecule has 0 saturated heterocycles. The first-order valence-electron chi connectivity index (χ1n) is 5.65. The maximum atomic E-state index is 10.8. The number of aryl methyl sites for hydroxylation is 1. The number of carbonyl (C=O) groups is 1. The average Bonchev–Trinajstić information content (AvgIpc) is 2.73. The molecule has 0 bridgehead atoms. The quantitative estimate of drug-likeness (QED) is 0.755. The second-order valence-electron chi connectivity index (χ2n) is 4.35. The Balaban J connectivity index is 2.62. The summed E-state index contributed by atoms with van der Waals surface area (Å²) in [4.78, 5) is 15.0. The molecule has 3 nitrogen and oxygen atoms in total. The number of aromatic nitrogens is 1. The predicted molar refractivity (Wildman–Crippen MR) is 66.2 cm³/mol. The van der Waals surface area contributed by atoms with Crippen molar-refractivity contribution in [1.82, 2.24) is 4.98 Å². The van der Waals surface area contributed by atoms with Crippen molar-refractivity contribution in [2.75, 3.05) is 0 Å². The number of hydrogen-bond acceptors (Lipinski definition) is 3. The molecule has 88 valence electrons. The van der Waals surface area contributed by atoms with Crippen LogP contribution in [0.15, 0.2) is 28.7 Å². The number of rotatable bonds is 3. The molecule has 0 aliphatic carbocycles. The molecule has 0 saturated carbocycles. The van der Waals surface area contributed by atoms with Crippen molar-refractivity contribution in [3.63, 3.8) is 0 Å². The van der Waals surface area contributed by atoms with Gasteiger partial charge >= 0.3 is 0 Å². The molecule has 17 heavy (non-hydrogen) atoms. The van der Waals surface area contributed by atoms with Gasteiger partial charge in [-0.1, -0.05) is 38.1 Å². The summed E-state index contributed by atoms with van der Waals surface area (Å²) in [6.07, 6.45) is 0.646. The molecule has 1 aromatic carbocycles. The van der Waals surface area contributed by atoms with Crippen LogP contribution in [0.25, 0.3) is 11.3 Å². The third-order valence-corrected chi connectivity index (χ3v) is 2.70. The van der Waals surface area contributed by atoms with E-state index in [1.807, 2.05) is 45.0 Å². The van der Waals surface area contributed by atoms with Crippen LogP contribution in [0.2, 0.25) is 0 Å². The first-order chi connectivity index (χ1) is 8.13. The van der Waals surface area contributed by atoms with E-state index in [0.717, 1.165) is 22.6 Å². The fraction of sp³-hybridized carbons (Fsp3) is 0.286. The SMILES string of the molecule is Cc1ccccc1-c1nc(C=O)oc1C(C)C. The first kappa shape index (κ1) is 11.6. The molecule has 0 spiro atoms. The third-order valence-electron chi connectivity index (χ3n) is 2.70. The topological polar surface area (TPSA) is 43.1 Å². The van der Waals surface area contributed by atoms with Crippen molar-refractivity contribution in [1.29, 1.82) is 0 Å². The molecule has 0 aliphatic rings. The summed E-state index contributed by atoms with van der Waals surface area (Å²) in [5, 5.41) is 0. The maximum absolute atomic E-state index is 10.8. The Morgan fingerprint density at radius 1 is 1.29 bits per heavy atom. The van der Waals surface area contributed by atoms with Crippen LogP contribution in [0.4, 0.5) is 0 Å². The second-order valence-corrected chi connectivity index (χ2v) is 4.35. The van der Waals surface area contributed by atoms with E-state index in [-0.39, 0.29) is 11.8 Å². The van der Waals surface area contributed by atoms with Gasteiger partial charge in [0, 0.05) is 11.5 Å². The van der Waals surface area contributed by atoms with Gasteiger partial charge in [0.05, 0.1) is 0 Å². The second kappa shape index (κ2) is 4.53. The molecule has 0 N–H and O–H groups in total. The summed E-state index contributed by atoms with van der Waals surface area (Å²) in [6, 6.07) is 7.96. The maximum Gasteiger partial charge on any atom is 0.260 e. The van der Waals surface area contributed by atoms with Crippen LogP contribution in [0.3, 0.4) is 0 Å². The summed E-state index contributed by atoms with van der Waals surface area (Å²) >= 11 is 0. The zero-order valence-electron chi connectivity index (χ0n) is 10.2. The molecular weight excluding hydrogens is 214 g/mol. The minimum atomic E-state index is 0.145. The number of aldehydes is 1. The Bertz CT molecular complexity index is 541. The Kier molecular flexibility index (Phi) is 3.09. The lowest BCUT2D eigenvalue weighted by molar-refractivity contribution is 0.109. The van der Waals surface area contributed by atoms with Gasteiger partial charge in [-0.05, 0) is 12.5 Å². The molecule has 1 heterocycles. The van der Waals surface area contributed by atoms with Crippen molar-refractivity contribution in [2.45, 2.75) is 26.7 Å². The molecule has 0 amide bonds. The first-order valence-corrected chi connectivity index (χ1v) is 5.65. The van der Waals surface area contributed by atoms with Crippen LogP contribution in [0.5, 0.6) is 0 Å². The Morgan fingerprint density at radius 2 is 2.00 bits per heavy atom.